The molecule has 0 N–H and O–H groups in total. The Labute approximate surface area is 94.1 Å². The van der Waals surface area contributed by atoms with E-state index in [4.69, 9.17) is 0 Å². The molecule has 0 heterocycles. The van der Waals surface area contributed by atoms with Gasteiger partial charge in [-0.15, -0.1) is 0 Å². The number of allylic oxidation sites excluding steroid dienone is 2. The fourth-order valence-electron chi connectivity index (χ4n) is 5.21. The van der Waals surface area contributed by atoms with Crippen molar-refractivity contribution in [3.05, 3.63) is 11.6 Å². The first kappa shape index (κ1) is 9.93. The van der Waals surface area contributed by atoms with E-state index in [9.17, 15) is 0 Å². The molecule has 15 heavy (non-hydrogen) atoms. The zero-order chi connectivity index (χ0) is 10.7. The molecule has 0 aromatic rings. The third kappa shape index (κ3) is 1.14. The van der Waals surface area contributed by atoms with Gasteiger partial charge in [0, 0.05) is 0 Å². The summed E-state index contributed by atoms with van der Waals surface area (Å²) in [6.07, 6.45) is 11.5. The normalized spacial score (nSPS) is 47.3. The molecule has 2 fully saturated rings. The summed E-state index contributed by atoms with van der Waals surface area (Å²) in [6.45, 7) is 7.45. The van der Waals surface area contributed by atoms with Gasteiger partial charge in [0.05, 0.1) is 0 Å². The van der Waals surface area contributed by atoms with Crippen molar-refractivity contribution in [1.82, 2.24) is 0 Å². The van der Waals surface area contributed by atoms with Crippen molar-refractivity contribution in [3.63, 3.8) is 0 Å². The first-order chi connectivity index (χ1) is 7.06. The van der Waals surface area contributed by atoms with Crippen molar-refractivity contribution < 1.29 is 0 Å². The lowest BCUT2D eigenvalue weighted by atomic mass is 9.62. The van der Waals surface area contributed by atoms with Crippen LogP contribution in [0.5, 0.6) is 0 Å². The van der Waals surface area contributed by atoms with Gasteiger partial charge in [-0.05, 0) is 55.3 Å². The van der Waals surface area contributed by atoms with Gasteiger partial charge in [-0.2, -0.15) is 0 Å². The van der Waals surface area contributed by atoms with E-state index in [1.165, 1.54) is 38.5 Å². The van der Waals surface area contributed by atoms with Crippen LogP contribution in [0.4, 0.5) is 0 Å². The van der Waals surface area contributed by atoms with Crippen molar-refractivity contribution in [1.29, 1.82) is 0 Å². The maximum absolute atomic E-state index is 2.57. The largest absolute Gasteiger partial charge is 0.0847 e. The molecule has 0 heteroatoms. The molecule has 0 aromatic heterocycles. The average molecular weight is 204 g/mol. The lowest BCUT2D eigenvalue weighted by molar-refractivity contribution is 0.0714. The molecule has 1 spiro atoms. The van der Waals surface area contributed by atoms with Crippen LogP contribution in [0.1, 0.15) is 59.3 Å². The van der Waals surface area contributed by atoms with E-state index < -0.39 is 0 Å². The Morgan fingerprint density at radius 1 is 1.27 bits per heavy atom. The molecule has 3 atom stereocenters. The van der Waals surface area contributed by atoms with Gasteiger partial charge in [0.25, 0.3) is 0 Å². The van der Waals surface area contributed by atoms with Crippen LogP contribution < -0.4 is 0 Å². The molecule has 2 saturated carbocycles. The molecule has 0 aromatic carbocycles. The maximum Gasteiger partial charge on any atom is -0.0146 e. The van der Waals surface area contributed by atoms with E-state index >= 15 is 0 Å². The minimum atomic E-state index is 0.581. The molecule has 3 aliphatic carbocycles. The summed E-state index contributed by atoms with van der Waals surface area (Å²) in [7, 11) is 0. The van der Waals surface area contributed by atoms with E-state index in [0.717, 1.165) is 17.3 Å². The maximum atomic E-state index is 2.57. The van der Waals surface area contributed by atoms with Crippen LogP contribution in [0.25, 0.3) is 0 Å². The second-order valence-corrected chi connectivity index (χ2v) is 6.89. The molecule has 0 saturated heterocycles. The van der Waals surface area contributed by atoms with E-state index in [1.54, 1.807) is 5.57 Å². The Hall–Kier alpha value is -0.260. The summed E-state index contributed by atoms with van der Waals surface area (Å²) >= 11 is 0. The van der Waals surface area contributed by atoms with Gasteiger partial charge >= 0.3 is 0 Å². The lowest BCUT2D eigenvalue weighted by Crippen LogP contribution is -2.34. The molecule has 0 nitrogen and oxygen atoms in total. The molecule has 3 rings (SSSR count). The van der Waals surface area contributed by atoms with Crippen molar-refractivity contribution in [2.24, 2.45) is 22.7 Å². The van der Waals surface area contributed by atoms with Crippen LogP contribution >= 0.6 is 0 Å². The predicted octanol–water partition coefficient (Wildman–Crippen LogP) is 4.56. The summed E-state index contributed by atoms with van der Waals surface area (Å²) in [5.41, 5.74) is 3.00. The van der Waals surface area contributed by atoms with Gasteiger partial charge in [-0.25, -0.2) is 0 Å². The van der Waals surface area contributed by atoms with Crippen LogP contribution in [-0.2, 0) is 0 Å². The third-order valence-corrected chi connectivity index (χ3v) is 5.94. The lowest BCUT2D eigenvalue weighted by Gasteiger charge is -2.43. The van der Waals surface area contributed by atoms with Crippen molar-refractivity contribution in [3.8, 4) is 0 Å². The third-order valence-electron chi connectivity index (χ3n) is 5.94. The van der Waals surface area contributed by atoms with Gasteiger partial charge in [0.1, 0.15) is 0 Å². The summed E-state index contributed by atoms with van der Waals surface area (Å²) in [6, 6.07) is 0. The molecule has 2 bridgehead atoms. The fraction of sp³-hybridized carbons (Fsp3) is 0.867. The second-order valence-electron chi connectivity index (χ2n) is 6.89. The Morgan fingerprint density at radius 2 is 2.07 bits per heavy atom. The van der Waals surface area contributed by atoms with E-state index in [1.807, 2.05) is 0 Å². The average Bonchev–Trinajstić information content (AvgIpc) is 2.41. The number of fused-ring (bicyclic) bond motifs is 1. The molecular weight excluding hydrogens is 180 g/mol. The summed E-state index contributed by atoms with van der Waals surface area (Å²) in [5, 5.41) is 0. The van der Waals surface area contributed by atoms with Gasteiger partial charge in [0.15, 0.2) is 0 Å². The highest BCUT2D eigenvalue weighted by Gasteiger charge is 2.58. The number of hydrogen-bond donors (Lipinski definition) is 0. The Balaban J connectivity index is 2.06. The van der Waals surface area contributed by atoms with Gasteiger partial charge < -0.3 is 0 Å². The molecule has 3 aliphatic rings. The summed E-state index contributed by atoms with van der Waals surface area (Å²) in [4.78, 5) is 0. The highest BCUT2D eigenvalue weighted by molar-refractivity contribution is 5.23. The van der Waals surface area contributed by atoms with Gasteiger partial charge in [0.2, 0.25) is 0 Å². The minimum absolute atomic E-state index is 0.581. The highest BCUT2D eigenvalue weighted by Crippen LogP contribution is 2.68. The van der Waals surface area contributed by atoms with Crippen LogP contribution in [-0.4, -0.2) is 0 Å². The van der Waals surface area contributed by atoms with Gasteiger partial charge in [-0.3, -0.25) is 0 Å². The van der Waals surface area contributed by atoms with Crippen molar-refractivity contribution >= 4 is 0 Å². The zero-order valence-corrected chi connectivity index (χ0v) is 10.5. The standard InChI is InChI=1S/C15H24/c1-11-7-9-15-8-5-4-6-13(15)14(2,3)12(11)10-15/h7,12-13H,4-6,8-10H2,1-3H3/t12-,13-,15+/m0/s1. The van der Waals surface area contributed by atoms with Crippen LogP contribution in [0.15, 0.2) is 11.6 Å². The Bertz CT molecular complexity index is 310. The molecule has 0 aliphatic heterocycles. The van der Waals surface area contributed by atoms with Gasteiger partial charge in [-0.1, -0.05) is 38.3 Å². The highest BCUT2D eigenvalue weighted by atomic mass is 14.6. The predicted molar refractivity (Wildman–Crippen MR) is 64.7 cm³/mol. The Morgan fingerprint density at radius 3 is 2.87 bits per heavy atom. The molecule has 84 valence electrons. The molecule has 0 amide bonds. The SMILES string of the molecule is CC1=CC[C@@]23CCCC[C@H]2C(C)(C)[C@H]1C3. The monoisotopic (exact) mass is 204 g/mol. The molecule has 0 unspecified atom stereocenters. The van der Waals surface area contributed by atoms with Crippen LogP contribution in [0.3, 0.4) is 0 Å². The minimum Gasteiger partial charge on any atom is -0.0847 e. The summed E-state index contributed by atoms with van der Waals surface area (Å²) < 4.78 is 0. The first-order valence-corrected chi connectivity index (χ1v) is 6.73. The number of rotatable bonds is 0. The van der Waals surface area contributed by atoms with E-state index in [0.29, 0.717) is 5.41 Å². The number of hydrogen-bond acceptors (Lipinski definition) is 0. The van der Waals surface area contributed by atoms with Crippen molar-refractivity contribution in [2.75, 3.05) is 0 Å². The quantitative estimate of drug-likeness (QED) is 0.507. The molecular formula is C15H24. The van der Waals surface area contributed by atoms with Crippen LogP contribution in [0, 0.1) is 22.7 Å². The first-order valence-electron chi connectivity index (χ1n) is 6.73. The van der Waals surface area contributed by atoms with E-state index in [-0.39, 0.29) is 0 Å². The van der Waals surface area contributed by atoms with E-state index in [2.05, 4.69) is 26.8 Å². The fourth-order valence-corrected chi connectivity index (χ4v) is 5.21. The summed E-state index contributed by atoms with van der Waals surface area (Å²) in [5.74, 6) is 1.91. The van der Waals surface area contributed by atoms with Crippen LogP contribution in [0.2, 0.25) is 0 Å². The second kappa shape index (κ2) is 2.90. The molecule has 0 radical (unpaired) electrons. The Kier molecular flexibility index (Phi) is 1.92. The smallest absolute Gasteiger partial charge is 0.0146 e. The van der Waals surface area contributed by atoms with Crippen molar-refractivity contribution in [2.45, 2.75) is 59.3 Å². The zero-order valence-electron chi connectivity index (χ0n) is 10.5. The topological polar surface area (TPSA) is 0 Å².